The number of hydrogen-bond donors (Lipinski definition) is 5. The zero-order valence-electron chi connectivity index (χ0n) is 22.6. The number of thiazole rings is 1. The molecule has 38 heavy (non-hydrogen) atoms. The van der Waals surface area contributed by atoms with E-state index in [1.54, 1.807) is 19.2 Å². The second kappa shape index (κ2) is 12.0. The molecule has 0 aliphatic carbocycles. The van der Waals surface area contributed by atoms with E-state index in [-0.39, 0.29) is 35.0 Å². The largest absolute Gasteiger partial charge is 0.446 e. The van der Waals surface area contributed by atoms with E-state index in [1.165, 1.54) is 24.5 Å². The lowest BCUT2D eigenvalue weighted by molar-refractivity contribution is -0.133. The van der Waals surface area contributed by atoms with Crippen LogP contribution in [0.4, 0.5) is 0 Å². The smallest absolute Gasteiger partial charge is 0.273 e. The van der Waals surface area contributed by atoms with Crippen molar-refractivity contribution < 1.29 is 28.7 Å². The molecule has 1 unspecified atom stereocenters. The van der Waals surface area contributed by atoms with Gasteiger partial charge >= 0.3 is 0 Å². The van der Waals surface area contributed by atoms with Gasteiger partial charge in [0.1, 0.15) is 35.1 Å². The van der Waals surface area contributed by atoms with Crippen molar-refractivity contribution in [1.82, 2.24) is 31.2 Å². The molecule has 12 nitrogen and oxygen atoms in total. The van der Waals surface area contributed by atoms with Crippen molar-refractivity contribution in [2.24, 2.45) is 17.8 Å². The monoisotopic (exact) mass is 548 g/mol. The van der Waals surface area contributed by atoms with Crippen LogP contribution in [0.3, 0.4) is 0 Å². The lowest BCUT2D eigenvalue weighted by Gasteiger charge is -2.28. The van der Waals surface area contributed by atoms with Gasteiger partial charge in [-0.15, -0.1) is 11.3 Å². The molecule has 4 amide bonds. The number of amides is 4. The summed E-state index contributed by atoms with van der Waals surface area (Å²) in [5, 5.41) is 23.3. The molecule has 5 atom stereocenters. The number of nitrogens with zero attached hydrogens (tertiary/aromatic N) is 2. The molecule has 2 aromatic rings. The molecule has 0 fully saturated rings. The lowest BCUT2D eigenvalue weighted by atomic mass is 10.0. The molecule has 1 aliphatic rings. The van der Waals surface area contributed by atoms with Gasteiger partial charge in [0.05, 0.1) is 12.1 Å². The van der Waals surface area contributed by atoms with E-state index in [0.717, 1.165) is 0 Å². The van der Waals surface area contributed by atoms with Gasteiger partial charge in [-0.05, 0) is 24.7 Å². The van der Waals surface area contributed by atoms with Crippen LogP contribution >= 0.6 is 11.3 Å². The highest BCUT2D eigenvalue weighted by Crippen LogP contribution is 2.27. The number of fused-ring (bicyclic) bond motifs is 4. The summed E-state index contributed by atoms with van der Waals surface area (Å²) >= 11 is 1.22. The van der Waals surface area contributed by atoms with E-state index in [4.69, 9.17) is 4.42 Å². The molecule has 0 saturated carbocycles. The Kier molecular flexibility index (Phi) is 9.26. The van der Waals surface area contributed by atoms with Crippen LogP contribution in [0.2, 0.25) is 0 Å². The highest BCUT2D eigenvalue weighted by molar-refractivity contribution is 7.09. The third kappa shape index (κ3) is 6.57. The summed E-state index contributed by atoms with van der Waals surface area (Å²) in [6.45, 7) is 12.4. The maximum Gasteiger partial charge on any atom is 0.273 e. The Hall–Kier alpha value is -3.32. The minimum Gasteiger partial charge on any atom is -0.446 e. The number of aliphatic hydroxyl groups excluding tert-OH is 1. The average Bonchev–Trinajstić information content (AvgIpc) is 3.51. The number of rotatable bonds is 4. The van der Waals surface area contributed by atoms with Crippen molar-refractivity contribution >= 4 is 35.0 Å². The highest BCUT2D eigenvalue weighted by atomic mass is 32.1. The molecule has 2 aromatic heterocycles. The van der Waals surface area contributed by atoms with Gasteiger partial charge in [0.2, 0.25) is 17.7 Å². The van der Waals surface area contributed by atoms with Crippen LogP contribution in [0.5, 0.6) is 0 Å². The van der Waals surface area contributed by atoms with E-state index >= 15 is 0 Å². The lowest BCUT2D eigenvalue weighted by Crippen LogP contribution is -2.58. The molecule has 0 spiro atoms. The fraction of sp³-hybridized carbons (Fsp3) is 0.600. The van der Waals surface area contributed by atoms with Crippen molar-refractivity contribution in [3.05, 3.63) is 33.9 Å². The van der Waals surface area contributed by atoms with E-state index in [2.05, 4.69) is 31.2 Å². The van der Waals surface area contributed by atoms with Gasteiger partial charge in [-0.3, -0.25) is 19.2 Å². The summed E-state index contributed by atoms with van der Waals surface area (Å²) < 4.78 is 5.57. The van der Waals surface area contributed by atoms with Gasteiger partial charge in [-0.1, -0.05) is 41.5 Å². The summed E-state index contributed by atoms with van der Waals surface area (Å²) in [7, 11) is 0. The van der Waals surface area contributed by atoms with E-state index in [0.29, 0.717) is 5.01 Å². The van der Waals surface area contributed by atoms with Crippen LogP contribution in [-0.4, -0.2) is 56.9 Å². The predicted octanol–water partition coefficient (Wildman–Crippen LogP) is 1.71. The number of aliphatic hydroxyl groups is 1. The molecule has 208 valence electrons. The molecule has 0 saturated heterocycles. The first-order valence-corrected chi connectivity index (χ1v) is 13.5. The zero-order chi connectivity index (χ0) is 28.3. The molecule has 4 bridgehead atoms. The molecule has 0 aromatic carbocycles. The first-order valence-electron chi connectivity index (χ1n) is 12.6. The normalized spacial score (nSPS) is 24.4. The maximum absolute atomic E-state index is 13.2. The van der Waals surface area contributed by atoms with E-state index < -0.39 is 53.9 Å². The molecule has 3 rings (SSSR count). The van der Waals surface area contributed by atoms with Crippen LogP contribution in [0.1, 0.15) is 92.4 Å². The first kappa shape index (κ1) is 29.2. The Balaban J connectivity index is 2.07. The minimum atomic E-state index is -1.32. The van der Waals surface area contributed by atoms with Crippen LogP contribution in [-0.2, 0) is 9.59 Å². The molecule has 3 heterocycles. The van der Waals surface area contributed by atoms with Crippen LogP contribution in [0, 0.1) is 17.8 Å². The number of nitrogens with one attached hydrogen (secondary N) is 4. The predicted molar refractivity (Wildman–Crippen MR) is 139 cm³/mol. The number of oxazole rings is 1. The number of carbonyl (C=O) groups excluding carboxylic acids is 4. The molecule has 5 N–H and O–H groups in total. The quantitative estimate of drug-likeness (QED) is 0.384. The summed E-state index contributed by atoms with van der Waals surface area (Å²) in [5.74, 6) is -2.86. The topological polar surface area (TPSA) is 176 Å². The van der Waals surface area contributed by atoms with Crippen molar-refractivity contribution in [3.8, 4) is 0 Å². The van der Waals surface area contributed by atoms with Gasteiger partial charge in [0.25, 0.3) is 11.8 Å². The van der Waals surface area contributed by atoms with Crippen molar-refractivity contribution in [1.29, 1.82) is 0 Å². The summed E-state index contributed by atoms with van der Waals surface area (Å²) in [6, 6.07) is -3.58. The molecule has 0 radical (unpaired) electrons. The van der Waals surface area contributed by atoms with Crippen LogP contribution in [0.15, 0.2) is 16.1 Å². The number of aromatic nitrogens is 2. The Morgan fingerprint density at radius 3 is 1.84 bits per heavy atom. The number of hydrogen-bond acceptors (Lipinski definition) is 9. The summed E-state index contributed by atoms with van der Waals surface area (Å²) in [5.41, 5.74) is 0.110. The third-order valence-electron chi connectivity index (χ3n) is 6.26. The van der Waals surface area contributed by atoms with Gasteiger partial charge in [-0.2, -0.15) is 0 Å². The Labute approximate surface area is 225 Å². The fourth-order valence-corrected chi connectivity index (χ4v) is 4.97. The SMILES string of the molecule is CC(C)[C@@H]1NC(=O)c2csc(n2)[C@H](C(C)C)NC(=O)c2coc(n2)[C@H](C(C)C)NC(=O)[C@H](C(C)O)NC1=O. The van der Waals surface area contributed by atoms with Gasteiger partial charge in [0.15, 0.2) is 5.69 Å². The van der Waals surface area contributed by atoms with Gasteiger partial charge < -0.3 is 30.8 Å². The second-order valence-corrected chi connectivity index (χ2v) is 11.4. The first-order chi connectivity index (χ1) is 17.8. The van der Waals surface area contributed by atoms with E-state index in [9.17, 15) is 24.3 Å². The Bertz CT molecular complexity index is 1170. The van der Waals surface area contributed by atoms with Crippen molar-refractivity contribution in [2.75, 3.05) is 0 Å². The molecule has 13 heteroatoms. The fourth-order valence-electron chi connectivity index (χ4n) is 3.95. The summed E-state index contributed by atoms with van der Waals surface area (Å²) in [4.78, 5) is 61.2. The highest BCUT2D eigenvalue weighted by Gasteiger charge is 2.35. The van der Waals surface area contributed by atoms with E-state index in [1.807, 2.05) is 27.7 Å². The number of carbonyl (C=O) groups is 4. The average molecular weight is 549 g/mol. The van der Waals surface area contributed by atoms with Crippen LogP contribution < -0.4 is 21.3 Å². The van der Waals surface area contributed by atoms with Gasteiger partial charge in [-0.25, -0.2) is 9.97 Å². The third-order valence-corrected chi connectivity index (χ3v) is 7.19. The molecule has 1 aliphatic heterocycles. The molecular weight excluding hydrogens is 512 g/mol. The van der Waals surface area contributed by atoms with Crippen molar-refractivity contribution in [3.63, 3.8) is 0 Å². The molecular formula is C25H36N6O6S. The standard InChI is InChI=1S/C25H36N6O6S/c1-10(2)16-22(35)31-19(13(7)32)23(36)29-17(11(3)4)24-26-14(8-37-24)20(33)30-18(12(5)6)25-27-15(9-38-25)21(34)28-16/h8-13,16-19,32H,1-7H3,(H,28,34)(H,29,36)(H,30,33)(H,31,35)/t13?,16-,17-,18-,19-/m0/s1. The second-order valence-electron chi connectivity index (χ2n) is 10.5. The Morgan fingerprint density at radius 1 is 0.737 bits per heavy atom. The Morgan fingerprint density at radius 2 is 1.26 bits per heavy atom. The summed E-state index contributed by atoms with van der Waals surface area (Å²) in [6.07, 6.45) is -0.0412. The maximum atomic E-state index is 13.2. The zero-order valence-corrected chi connectivity index (χ0v) is 23.4. The van der Waals surface area contributed by atoms with Gasteiger partial charge in [0, 0.05) is 5.38 Å². The van der Waals surface area contributed by atoms with Crippen LogP contribution in [0.25, 0.3) is 0 Å². The van der Waals surface area contributed by atoms with Crippen molar-refractivity contribution in [2.45, 2.75) is 78.7 Å². The minimum absolute atomic E-state index is 0.0151.